The lowest BCUT2D eigenvalue weighted by molar-refractivity contribution is -0.135. The van der Waals surface area contributed by atoms with E-state index in [9.17, 15) is 4.79 Å². The number of rotatable bonds is 5. The van der Waals surface area contributed by atoms with Crippen molar-refractivity contribution in [1.29, 1.82) is 0 Å². The molecule has 0 radical (unpaired) electrons. The second kappa shape index (κ2) is 13.7. The molecule has 7 heteroatoms. The summed E-state index contributed by atoms with van der Waals surface area (Å²) in [6.45, 7) is 6.02. The number of carbonyl (C=O) groups is 1. The SMILES string of the molecule is CC1(c2ccccc2)CCC(OC=O)CC1.CCNC.Clc1ccc(-c2ncno2)cc1. The molecule has 1 saturated carbocycles. The second-order valence-corrected chi connectivity index (χ2v) is 8.26. The monoisotopic (exact) mass is 457 g/mol. The van der Waals surface area contributed by atoms with Crippen molar-refractivity contribution in [1.82, 2.24) is 15.5 Å². The van der Waals surface area contributed by atoms with E-state index < -0.39 is 0 Å². The molecule has 1 fully saturated rings. The molecular formula is C25H32ClN3O3. The Morgan fingerprint density at radius 2 is 1.78 bits per heavy atom. The van der Waals surface area contributed by atoms with Crippen LogP contribution in [0.4, 0.5) is 0 Å². The van der Waals surface area contributed by atoms with Crippen LogP contribution >= 0.6 is 11.6 Å². The first-order valence-electron chi connectivity index (χ1n) is 10.8. The minimum Gasteiger partial charge on any atom is -0.465 e. The molecule has 172 valence electrons. The summed E-state index contributed by atoms with van der Waals surface area (Å²) in [4.78, 5) is 14.2. The van der Waals surface area contributed by atoms with Crippen molar-refractivity contribution in [2.45, 2.75) is 51.0 Å². The highest BCUT2D eigenvalue weighted by molar-refractivity contribution is 6.30. The number of hydrogen-bond acceptors (Lipinski definition) is 6. The van der Waals surface area contributed by atoms with Gasteiger partial charge in [-0.1, -0.05) is 60.9 Å². The number of ether oxygens (including phenoxy) is 1. The van der Waals surface area contributed by atoms with E-state index in [1.807, 2.05) is 25.2 Å². The molecule has 1 aromatic heterocycles. The van der Waals surface area contributed by atoms with Crippen LogP contribution in [0.3, 0.4) is 0 Å². The number of aromatic nitrogens is 2. The third-order valence-corrected chi connectivity index (χ3v) is 5.81. The Kier molecular flexibility index (Phi) is 10.9. The largest absolute Gasteiger partial charge is 0.465 e. The summed E-state index contributed by atoms with van der Waals surface area (Å²) in [5, 5.41) is 7.13. The molecule has 32 heavy (non-hydrogen) atoms. The van der Waals surface area contributed by atoms with E-state index in [0.29, 0.717) is 17.4 Å². The van der Waals surface area contributed by atoms with Crippen molar-refractivity contribution in [2.24, 2.45) is 0 Å². The number of nitrogens with one attached hydrogen (secondary N) is 1. The highest BCUT2D eigenvalue weighted by Gasteiger charge is 2.32. The van der Waals surface area contributed by atoms with Crippen LogP contribution < -0.4 is 5.32 Å². The third kappa shape index (κ3) is 8.09. The van der Waals surface area contributed by atoms with E-state index >= 15 is 0 Å². The third-order valence-electron chi connectivity index (χ3n) is 5.56. The summed E-state index contributed by atoms with van der Waals surface area (Å²) in [5.74, 6) is 0.506. The van der Waals surface area contributed by atoms with Gasteiger partial charge < -0.3 is 14.6 Å². The first-order chi connectivity index (χ1) is 15.5. The van der Waals surface area contributed by atoms with Crippen molar-refractivity contribution in [3.63, 3.8) is 0 Å². The fraction of sp³-hybridized carbons (Fsp3) is 0.400. The zero-order valence-corrected chi connectivity index (χ0v) is 19.7. The number of halogens is 1. The van der Waals surface area contributed by atoms with Crippen LogP contribution in [0.5, 0.6) is 0 Å². The lowest BCUT2D eigenvalue weighted by Gasteiger charge is -2.37. The molecule has 0 unspecified atom stereocenters. The lowest BCUT2D eigenvalue weighted by atomic mass is 9.70. The standard InChI is InChI=1S/C14H18O2.C8H5ClN2O.C3H9N/c1-14(12-5-3-2-4-6-12)9-7-13(8-10-14)16-11-15;9-7-3-1-6(2-4-7)8-10-5-11-12-8;1-3-4-2/h2-6,11,13H,7-10H2,1H3;1-5H;4H,3H2,1-2H3. The van der Waals surface area contributed by atoms with Crippen LogP contribution in [0, 0.1) is 0 Å². The maximum atomic E-state index is 10.3. The molecule has 4 rings (SSSR count). The molecular weight excluding hydrogens is 426 g/mol. The van der Waals surface area contributed by atoms with Gasteiger partial charge in [-0.2, -0.15) is 4.98 Å². The van der Waals surface area contributed by atoms with Crippen LogP contribution in [0.15, 0.2) is 65.4 Å². The minimum atomic E-state index is 0.134. The van der Waals surface area contributed by atoms with E-state index in [4.69, 9.17) is 20.9 Å². The predicted octanol–water partition coefficient (Wildman–Crippen LogP) is 5.68. The highest BCUT2D eigenvalue weighted by Crippen LogP contribution is 2.39. The van der Waals surface area contributed by atoms with Gasteiger partial charge in [-0.3, -0.25) is 4.79 Å². The summed E-state index contributed by atoms with van der Waals surface area (Å²) < 4.78 is 9.89. The van der Waals surface area contributed by atoms with E-state index in [1.165, 1.54) is 11.9 Å². The highest BCUT2D eigenvalue weighted by atomic mass is 35.5. The topological polar surface area (TPSA) is 77.2 Å². The van der Waals surface area contributed by atoms with Crippen molar-refractivity contribution in [3.05, 3.63) is 71.5 Å². The molecule has 2 aromatic carbocycles. The Balaban J connectivity index is 0.000000200. The van der Waals surface area contributed by atoms with Crippen LogP contribution in [0.2, 0.25) is 5.02 Å². The van der Waals surface area contributed by atoms with Gasteiger partial charge in [-0.25, -0.2) is 0 Å². The van der Waals surface area contributed by atoms with Gasteiger partial charge in [0.2, 0.25) is 0 Å². The predicted molar refractivity (Wildman–Crippen MR) is 128 cm³/mol. The van der Waals surface area contributed by atoms with Crippen molar-refractivity contribution >= 4 is 18.1 Å². The Morgan fingerprint density at radius 1 is 1.16 bits per heavy atom. The molecule has 1 aliphatic carbocycles. The average molecular weight is 458 g/mol. The first-order valence-corrected chi connectivity index (χ1v) is 11.2. The molecule has 0 bridgehead atoms. The molecule has 6 nitrogen and oxygen atoms in total. The molecule has 0 saturated heterocycles. The molecule has 0 amide bonds. The first kappa shape index (κ1) is 25.6. The van der Waals surface area contributed by atoms with Crippen molar-refractivity contribution in [3.8, 4) is 11.5 Å². The van der Waals surface area contributed by atoms with E-state index in [1.54, 1.807) is 12.1 Å². The molecule has 1 aliphatic rings. The Labute approximate surface area is 195 Å². The lowest BCUT2D eigenvalue weighted by Crippen LogP contribution is -2.31. The minimum absolute atomic E-state index is 0.134. The average Bonchev–Trinajstić information content (AvgIpc) is 3.38. The van der Waals surface area contributed by atoms with Gasteiger partial charge in [0.15, 0.2) is 6.33 Å². The van der Waals surface area contributed by atoms with Gasteiger partial charge in [0, 0.05) is 10.6 Å². The Hall–Kier alpha value is -2.70. The zero-order valence-electron chi connectivity index (χ0n) is 19.0. The molecule has 0 aliphatic heterocycles. The molecule has 0 spiro atoms. The van der Waals surface area contributed by atoms with Gasteiger partial charge in [-0.05, 0) is 74.5 Å². The fourth-order valence-corrected chi connectivity index (χ4v) is 3.59. The van der Waals surface area contributed by atoms with Gasteiger partial charge in [0.1, 0.15) is 6.10 Å². The summed E-state index contributed by atoms with van der Waals surface area (Å²) in [5.41, 5.74) is 2.53. The molecule has 1 heterocycles. The van der Waals surface area contributed by atoms with Crippen LogP contribution in [-0.2, 0) is 14.9 Å². The number of nitrogens with zero attached hydrogens (tertiary/aromatic N) is 2. The summed E-state index contributed by atoms with van der Waals surface area (Å²) >= 11 is 5.71. The number of carbonyl (C=O) groups excluding carboxylic acids is 1. The number of hydrogen-bond donors (Lipinski definition) is 1. The smallest absolute Gasteiger partial charge is 0.293 e. The van der Waals surface area contributed by atoms with Crippen molar-refractivity contribution < 1.29 is 14.1 Å². The number of benzene rings is 2. The Morgan fingerprint density at radius 3 is 2.28 bits per heavy atom. The molecule has 3 aromatic rings. The van der Waals surface area contributed by atoms with Crippen LogP contribution in [0.1, 0.15) is 45.1 Å². The van der Waals surface area contributed by atoms with Crippen molar-refractivity contribution in [2.75, 3.05) is 13.6 Å². The maximum absolute atomic E-state index is 10.3. The zero-order chi connectivity index (χ0) is 23.2. The molecule has 0 atom stereocenters. The normalized spacial score (nSPS) is 19.6. The second-order valence-electron chi connectivity index (χ2n) is 7.82. The summed E-state index contributed by atoms with van der Waals surface area (Å²) in [6.07, 6.45) is 5.64. The van der Waals surface area contributed by atoms with Gasteiger partial charge >= 0.3 is 0 Å². The fourth-order valence-electron chi connectivity index (χ4n) is 3.47. The van der Waals surface area contributed by atoms with E-state index in [2.05, 4.69) is 53.6 Å². The molecule has 1 N–H and O–H groups in total. The van der Waals surface area contributed by atoms with E-state index in [0.717, 1.165) is 37.8 Å². The quantitative estimate of drug-likeness (QED) is 0.497. The summed E-state index contributed by atoms with van der Waals surface area (Å²) in [6, 6.07) is 17.8. The van der Waals surface area contributed by atoms with Gasteiger partial charge in [0.25, 0.3) is 12.4 Å². The summed E-state index contributed by atoms with van der Waals surface area (Å²) in [7, 11) is 1.93. The van der Waals surface area contributed by atoms with E-state index in [-0.39, 0.29) is 11.5 Å². The van der Waals surface area contributed by atoms with Gasteiger partial charge in [0.05, 0.1) is 0 Å². The van der Waals surface area contributed by atoms with Crippen LogP contribution in [-0.4, -0.2) is 36.3 Å². The maximum Gasteiger partial charge on any atom is 0.293 e. The van der Waals surface area contributed by atoms with Crippen LogP contribution in [0.25, 0.3) is 11.5 Å². The van der Waals surface area contributed by atoms with Gasteiger partial charge in [-0.15, -0.1) is 0 Å². The Bertz CT molecular complexity index is 877.